The number of hydrogen-bond acceptors (Lipinski definition) is 4. The lowest BCUT2D eigenvalue weighted by Gasteiger charge is -2.12. The van der Waals surface area contributed by atoms with Crippen LogP contribution in [0.3, 0.4) is 0 Å². The summed E-state index contributed by atoms with van der Waals surface area (Å²) in [6.45, 7) is -2.30. The Bertz CT molecular complexity index is 550. The molecule has 1 heterocycles. The van der Waals surface area contributed by atoms with Crippen molar-refractivity contribution in [3.8, 4) is 11.5 Å². The van der Waals surface area contributed by atoms with Gasteiger partial charge < -0.3 is 14.8 Å². The molecule has 0 atom stereocenters. The molecule has 0 aliphatic heterocycles. The second-order valence-electron chi connectivity index (χ2n) is 3.96. The van der Waals surface area contributed by atoms with E-state index < -0.39 is 6.61 Å². The zero-order valence-electron chi connectivity index (χ0n) is 10.8. The van der Waals surface area contributed by atoms with Gasteiger partial charge in [-0.05, 0) is 23.8 Å². The molecular formula is C14H14F2N2O2. The lowest BCUT2D eigenvalue weighted by molar-refractivity contribution is -0.0512. The molecular weight excluding hydrogens is 266 g/mol. The van der Waals surface area contributed by atoms with Crippen molar-refractivity contribution in [2.24, 2.45) is 0 Å². The molecule has 0 fully saturated rings. The standard InChI is InChI=1S/C14H14F2N2O2/c1-19-13-7-11(4-5-12(13)20-14(15)16)18-9-10-3-2-6-17-8-10/h2-8,14,18H,9H2,1H3. The number of halogens is 2. The van der Waals surface area contributed by atoms with Crippen LogP contribution in [-0.4, -0.2) is 18.7 Å². The minimum Gasteiger partial charge on any atom is -0.493 e. The topological polar surface area (TPSA) is 43.4 Å². The van der Waals surface area contributed by atoms with E-state index in [1.165, 1.54) is 13.2 Å². The van der Waals surface area contributed by atoms with Crippen LogP contribution >= 0.6 is 0 Å². The fourth-order valence-electron chi connectivity index (χ4n) is 1.68. The van der Waals surface area contributed by atoms with Gasteiger partial charge in [0.05, 0.1) is 7.11 Å². The zero-order chi connectivity index (χ0) is 14.4. The quantitative estimate of drug-likeness (QED) is 0.881. The smallest absolute Gasteiger partial charge is 0.387 e. The summed E-state index contributed by atoms with van der Waals surface area (Å²) in [6, 6.07) is 8.48. The van der Waals surface area contributed by atoms with Gasteiger partial charge >= 0.3 is 6.61 Å². The van der Waals surface area contributed by atoms with Crippen LogP contribution in [0.1, 0.15) is 5.56 Å². The average Bonchev–Trinajstić information content (AvgIpc) is 2.46. The van der Waals surface area contributed by atoms with Crippen LogP contribution in [0.15, 0.2) is 42.7 Å². The number of rotatable bonds is 6. The highest BCUT2D eigenvalue weighted by Crippen LogP contribution is 2.31. The number of methoxy groups -OCH3 is 1. The Morgan fingerprint density at radius 1 is 1.25 bits per heavy atom. The molecule has 1 N–H and O–H groups in total. The predicted molar refractivity (Wildman–Crippen MR) is 71.2 cm³/mol. The Labute approximate surface area is 115 Å². The SMILES string of the molecule is COc1cc(NCc2cccnc2)ccc1OC(F)F. The first kappa shape index (κ1) is 14.0. The molecule has 0 amide bonds. The molecule has 0 unspecified atom stereocenters. The van der Waals surface area contributed by atoms with Crippen LogP contribution < -0.4 is 14.8 Å². The van der Waals surface area contributed by atoms with E-state index in [1.54, 1.807) is 24.5 Å². The average molecular weight is 280 g/mol. The van der Waals surface area contributed by atoms with Crippen LogP contribution in [0.25, 0.3) is 0 Å². The summed E-state index contributed by atoms with van der Waals surface area (Å²) in [5.74, 6) is 0.260. The van der Waals surface area contributed by atoms with Crippen molar-refractivity contribution in [1.82, 2.24) is 4.98 Å². The molecule has 6 heteroatoms. The summed E-state index contributed by atoms with van der Waals surface area (Å²) < 4.78 is 33.8. The highest BCUT2D eigenvalue weighted by Gasteiger charge is 2.10. The Morgan fingerprint density at radius 3 is 2.75 bits per heavy atom. The molecule has 1 aromatic carbocycles. The maximum absolute atomic E-state index is 12.2. The Hall–Kier alpha value is -2.37. The molecule has 1 aromatic heterocycles. The van der Waals surface area contributed by atoms with E-state index >= 15 is 0 Å². The maximum Gasteiger partial charge on any atom is 0.387 e. The molecule has 0 radical (unpaired) electrons. The lowest BCUT2D eigenvalue weighted by Crippen LogP contribution is -2.04. The number of ether oxygens (including phenoxy) is 2. The summed E-state index contributed by atoms with van der Waals surface area (Å²) >= 11 is 0. The van der Waals surface area contributed by atoms with Crippen molar-refractivity contribution < 1.29 is 18.3 Å². The monoisotopic (exact) mass is 280 g/mol. The molecule has 0 saturated carbocycles. The van der Waals surface area contributed by atoms with Gasteiger partial charge in [0.2, 0.25) is 0 Å². The van der Waals surface area contributed by atoms with Crippen molar-refractivity contribution in [2.45, 2.75) is 13.2 Å². The summed E-state index contributed by atoms with van der Waals surface area (Å²) in [4.78, 5) is 4.01. The van der Waals surface area contributed by atoms with Crippen molar-refractivity contribution >= 4 is 5.69 Å². The van der Waals surface area contributed by atoms with E-state index in [1.807, 2.05) is 12.1 Å². The highest BCUT2D eigenvalue weighted by molar-refractivity contribution is 5.54. The Morgan fingerprint density at radius 2 is 2.10 bits per heavy atom. The van der Waals surface area contributed by atoms with Crippen LogP contribution in [0.5, 0.6) is 11.5 Å². The minimum absolute atomic E-state index is 0.00873. The molecule has 0 spiro atoms. The number of anilines is 1. The highest BCUT2D eigenvalue weighted by atomic mass is 19.3. The van der Waals surface area contributed by atoms with Crippen LogP contribution in [0.2, 0.25) is 0 Å². The van der Waals surface area contributed by atoms with Gasteiger partial charge in [-0.1, -0.05) is 6.07 Å². The van der Waals surface area contributed by atoms with Crippen molar-refractivity contribution in [1.29, 1.82) is 0 Å². The van der Waals surface area contributed by atoms with Gasteiger partial charge in [-0.15, -0.1) is 0 Å². The summed E-state index contributed by atoms with van der Waals surface area (Å²) in [5, 5.41) is 3.15. The van der Waals surface area contributed by atoms with E-state index in [4.69, 9.17) is 4.74 Å². The third kappa shape index (κ3) is 3.81. The Balaban J connectivity index is 2.05. The number of alkyl halides is 2. The van der Waals surface area contributed by atoms with Gasteiger partial charge in [0, 0.05) is 30.7 Å². The molecule has 2 aromatic rings. The molecule has 0 saturated heterocycles. The number of hydrogen-bond donors (Lipinski definition) is 1. The predicted octanol–water partition coefficient (Wildman–Crippen LogP) is 3.30. The van der Waals surface area contributed by atoms with Gasteiger partial charge in [-0.3, -0.25) is 4.98 Å². The molecule has 0 bridgehead atoms. The maximum atomic E-state index is 12.2. The molecule has 20 heavy (non-hydrogen) atoms. The molecule has 2 rings (SSSR count). The zero-order valence-corrected chi connectivity index (χ0v) is 10.8. The van der Waals surface area contributed by atoms with E-state index in [0.717, 1.165) is 11.3 Å². The number of aromatic nitrogens is 1. The first-order valence-electron chi connectivity index (χ1n) is 5.94. The third-order valence-corrected chi connectivity index (χ3v) is 2.60. The normalized spacial score (nSPS) is 10.4. The van der Waals surface area contributed by atoms with Crippen LogP contribution in [-0.2, 0) is 6.54 Å². The first-order valence-corrected chi connectivity index (χ1v) is 5.94. The minimum atomic E-state index is -2.88. The van der Waals surface area contributed by atoms with E-state index in [2.05, 4.69) is 15.0 Å². The second kappa shape index (κ2) is 6.70. The summed E-state index contributed by atoms with van der Waals surface area (Å²) in [6.07, 6.45) is 3.45. The Kier molecular flexibility index (Phi) is 4.70. The van der Waals surface area contributed by atoms with Gasteiger partial charge in [-0.2, -0.15) is 8.78 Å². The van der Waals surface area contributed by atoms with Crippen molar-refractivity contribution in [3.63, 3.8) is 0 Å². The number of nitrogens with one attached hydrogen (secondary N) is 1. The summed E-state index contributed by atoms with van der Waals surface area (Å²) in [5.41, 5.74) is 1.76. The summed E-state index contributed by atoms with van der Waals surface area (Å²) in [7, 11) is 1.40. The molecule has 0 aliphatic rings. The number of benzene rings is 1. The van der Waals surface area contributed by atoms with Gasteiger partial charge in [-0.25, -0.2) is 0 Å². The van der Waals surface area contributed by atoms with E-state index in [0.29, 0.717) is 6.54 Å². The van der Waals surface area contributed by atoms with Crippen LogP contribution in [0, 0.1) is 0 Å². The van der Waals surface area contributed by atoms with Crippen LogP contribution in [0.4, 0.5) is 14.5 Å². The number of nitrogens with zero attached hydrogens (tertiary/aromatic N) is 1. The lowest BCUT2D eigenvalue weighted by atomic mass is 10.2. The van der Waals surface area contributed by atoms with Gasteiger partial charge in [0.1, 0.15) is 0 Å². The first-order chi connectivity index (χ1) is 9.69. The van der Waals surface area contributed by atoms with E-state index in [-0.39, 0.29) is 11.5 Å². The molecule has 0 aliphatic carbocycles. The molecule has 106 valence electrons. The molecule has 4 nitrogen and oxygen atoms in total. The second-order valence-corrected chi connectivity index (χ2v) is 3.96. The fourth-order valence-corrected chi connectivity index (χ4v) is 1.68. The van der Waals surface area contributed by atoms with Crippen molar-refractivity contribution in [2.75, 3.05) is 12.4 Å². The van der Waals surface area contributed by atoms with E-state index in [9.17, 15) is 8.78 Å². The van der Waals surface area contributed by atoms with Crippen molar-refractivity contribution in [3.05, 3.63) is 48.3 Å². The van der Waals surface area contributed by atoms with Gasteiger partial charge in [0.25, 0.3) is 0 Å². The van der Waals surface area contributed by atoms with Gasteiger partial charge in [0.15, 0.2) is 11.5 Å². The largest absolute Gasteiger partial charge is 0.493 e. The number of pyridine rings is 1. The fraction of sp³-hybridized carbons (Fsp3) is 0.214. The third-order valence-electron chi connectivity index (χ3n) is 2.60.